The van der Waals surface area contributed by atoms with Gasteiger partial charge in [-0.2, -0.15) is 0 Å². The van der Waals surface area contributed by atoms with Gasteiger partial charge < -0.3 is 10.4 Å². The number of rotatable bonds is 3. The normalized spacial score (nSPS) is 25.3. The van der Waals surface area contributed by atoms with Crippen molar-refractivity contribution in [3.63, 3.8) is 0 Å². The Labute approximate surface area is 116 Å². The third kappa shape index (κ3) is 2.75. The molecule has 0 aliphatic heterocycles. The number of halogens is 1. The second-order valence-electron chi connectivity index (χ2n) is 5.50. The first kappa shape index (κ1) is 13.6. The van der Waals surface area contributed by atoms with E-state index < -0.39 is 0 Å². The maximum absolute atomic E-state index is 11.9. The molecule has 1 aliphatic rings. The van der Waals surface area contributed by atoms with Crippen LogP contribution in [0.15, 0.2) is 28.7 Å². The lowest BCUT2D eigenvalue weighted by atomic mass is 9.64. The van der Waals surface area contributed by atoms with Crippen LogP contribution in [-0.4, -0.2) is 23.2 Å². The molecule has 1 aromatic carbocycles. The molecule has 18 heavy (non-hydrogen) atoms. The molecule has 3 nitrogen and oxygen atoms in total. The molecule has 1 fully saturated rings. The van der Waals surface area contributed by atoms with Gasteiger partial charge in [0.25, 0.3) is 0 Å². The van der Waals surface area contributed by atoms with Gasteiger partial charge in [-0.15, -0.1) is 0 Å². The number of carbonyl (C=O) groups excluding carboxylic acids is 1. The molecule has 0 aromatic heterocycles. The molecule has 0 saturated heterocycles. The van der Waals surface area contributed by atoms with Crippen molar-refractivity contribution in [1.82, 2.24) is 5.32 Å². The maximum Gasteiger partial charge on any atom is 0.224 e. The van der Waals surface area contributed by atoms with Crippen molar-refractivity contribution in [2.75, 3.05) is 0 Å². The molecular formula is C14H18BrNO2. The number of aliphatic hydroxyl groups excluding tert-OH is 1. The second kappa shape index (κ2) is 5.02. The van der Waals surface area contributed by atoms with Gasteiger partial charge in [-0.25, -0.2) is 0 Å². The van der Waals surface area contributed by atoms with Crippen molar-refractivity contribution in [2.24, 2.45) is 5.41 Å². The van der Waals surface area contributed by atoms with Gasteiger partial charge in [0.05, 0.1) is 12.5 Å². The average molecular weight is 312 g/mol. The highest BCUT2D eigenvalue weighted by Crippen LogP contribution is 2.40. The fourth-order valence-electron chi connectivity index (χ4n) is 2.18. The molecule has 2 unspecified atom stereocenters. The second-order valence-corrected chi connectivity index (χ2v) is 6.41. The van der Waals surface area contributed by atoms with E-state index in [1.807, 2.05) is 38.1 Å². The zero-order chi connectivity index (χ0) is 13.3. The van der Waals surface area contributed by atoms with Crippen molar-refractivity contribution in [1.29, 1.82) is 0 Å². The zero-order valence-corrected chi connectivity index (χ0v) is 12.2. The molecule has 0 bridgehead atoms. The van der Waals surface area contributed by atoms with Crippen LogP contribution in [0.5, 0.6) is 0 Å². The number of nitrogens with one attached hydrogen (secondary N) is 1. The topological polar surface area (TPSA) is 49.3 Å². The Morgan fingerprint density at radius 1 is 1.44 bits per heavy atom. The van der Waals surface area contributed by atoms with Crippen molar-refractivity contribution >= 4 is 21.8 Å². The quantitative estimate of drug-likeness (QED) is 0.899. The standard InChI is InChI=1S/C14H18BrNO2/c1-14(2)11(8-12(14)17)16-13(18)7-9-3-5-10(15)6-4-9/h3-6,11-12,17H,7-8H2,1-2H3,(H,16,18). The smallest absolute Gasteiger partial charge is 0.224 e. The fourth-order valence-corrected chi connectivity index (χ4v) is 2.44. The molecule has 0 spiro atoms. The van der Waals surface area contributed by atoms with E-state index in [0.717, 1.165) is 10.0 Å². The summed E-state index contributed by atoms with van der Waals surface area (Å²) in [6.07, 6.45) is 0.727. The molecule has 0 heterocycles. The van der Waals surface area contributed by atoms with E-state index >= 15 is 0 Å². The van der Waals surface area contributed by atoms with Gasteiger partial charge >= 0.3 is 0 Å². The van der Waals surface area contributed by atoms with E-state index in [9.17, 15) is 9.90 Å². The van der Waals surface area contributed by atoms with E-state index in [-0.39, 0.29) is 23.5 Å². The molecule has 1 amide bonds. The Hall–Kier alpha value is -0.870. The van der Waals surface area contributed by atoms with E-state index in [0.29, 0.717) is 12.8 Å². The predicted octanol–water partition coefficient (Wildman–Crippen LogP) is 2.27. The minimum absolute atomic E-state index is 0.0160. The Kier molecular flexibility index (Phi) is 3.78. The lowest BCUT2D eigenvalue weighted by molar-refractivity contribution is -0.128. The summed E-state index contributed by atoms with van der Waals surface area (Å²) in [7, 11) is 0. The number of amides is 1. The number of benzene rings is 1. The lowest BCUT2D eigenvalue weighted by Crippen LogP contribution is -2.61. The number of hydrogen-bond acceptors (Lipinski definition) is 2. The van der Waals surface area contributed by atoms with Crippen LogP contribution >= 0.6 is 15.9 Å². The fraction of sp³-hybridized carbons (Fsp3) is 0.500. The summed E-state index contributed by atoms with van der Waals surface area (Å²) in [4.78, 5) is 11.9. The monoisotopic (exact) mass is 311 g/mol. The Bertz CT molecular complexity index is 442. The van der Waals surface area contributed by atoms with Gasteiger partial charge in [-0.1, -0.05) is 41.9 Å². The van der Waals surface area contributed by atoms with Crippen LogP contribution in [-0.2, 0) is 11.2 Å². The molecule has 1 aromatic rings. The molecule has 2 N–H and O–H groups in total. The highest BCUT2D eigenvalue weighted by molar-refractivity contribution is 9.10. The van der Waals surface area contributed by atoms with Crippen LogP contribution in [0, 0.1) is 5.41 Å². The SMILES string of the molecule is CC1(C)C(O)CC1NC(=O)Cc1ccc(Br)cc1. The van der Waals surface area contributed by atoms with Crippen molar-refractivity contribution in [3.05, 3.63) is 34.3 Å². The molecule has 4 heteroatoms. The Balaban J connectivity index is 1.88. The number of aliphatic hydroxyl groups is 1. The summed E-state index contributed by atoms with van der Waals surface area (Å²) >= 11 is 3.37. The summed E-state index contributed by atoms with van der Waals surface area (Å²) in [5.41, 5.74) is 0.781. The lowest BCUT2D eigenvalue weighted by Gasteiger charge is -2.49. The maximum atomic E-state index is 11.9. The van der Waals surface area contributed by atoms with Crippen LogP contribution in [0.2, 0.25) is 0 Å². The first-order valence-electron chi connectivity index (χ1n) is 6.11. The minimum Gasteiger partial charge on any atom is -0.392 e. The van der Waals surface area contributed by atoms with Crippen LogP contribution in [0.1, 0.15) is 25.8 Å². The molecule has 2 atom stereocenters. The Morgan fingerprint density at radius 3 is 2.56 bits per heavy atom. The van der Waals surface area contributed by atoms with Gasteiger partial charge in [0, 0.05) is 15.9 Å². The van der Waals surface area contributed by atoms with Crippen LogP contribution in [0.25, 0.3) is 0 Å². The highest BCUT2D eigenvalue weighted by atomic mass is 79.9. The van der Waals surface area contributed by atoms with Crippen molar-refractivity contribution in [2.45, 2.75) is 38.8 Å². The van der Waals surface area contributed by atoms with E-state index in [1.54, 1.807) is 0 Å². The first-order valence-corrected chi connectivity index (χ1v) is 6.91. The summed E-state index contributed by atoms with van der Waals surface area (Å²) < 4.78 is 1.01. The molecule has 98 valence electrons. The van der Waals surface area contributed by atoms with Crippen LogP contribution in [0.3, 0.4) is 0 Å². The van der Waals surface area contributed by atoms with Crippen LogP contribution in [0.4, 0.5) is 0 Å². The van der Waals surface area contributed by atoms with Crippen LogP contribution < -0.4 is 5.32 Å². The van der Waals surface area contributed by atoms with Gasteiger partial charge in [0.15, 0.2) is 0 Å². The van der Waals surface area contributed by atoms with Crippen molar-refractivity contribution in [3.8, 4) is 0 Å². The number of carbonyl (C=O) groups is 1. The molecule has 2 rings (SSSR count). The van der Waals surface area contributed by atoms with E-state index in [1.165, 1.54) is 0 Å². The summed E-state index contributed by atoms with van der Waals surface area (Å²) in [5, 5.41) is 12.6. The average Bonchev–Trinajstić information content (AvgIpc) is 2.32. The first-order chi connectivity index (χ1) is 8.39. The predicted molar refractivity (Wildman–Crippen MR) is 74.2 cm³/mol. The number of hydrogen-bond donors (Lipinski definition) is 2. The van der Waals surface area contributed by atoms with Gasteiger partial charge in [-0.3, -0.25) is 4.79 Å². The molecule has 0 radical (unpaired) electrons. The highest BCUT2D eigenvalue weighted by Gasteiger charge is 2.47. The van der Waals surface area contributed by atoms with Gasteiger partial charge in [0.1, 0.15) is 0 Å². The summed E-state index contributed by atoms with van der Waals surface area (Å²) in [6, 6.07) is 7.81. The van der Waals surface area contributed by atoms with Crippen molar-refractivity contribution < 1.29 is 9.90 Å². The summed E-state index contributed by atoms with van der Waals surface area (Å²) in [5.74, 6) is 0.0160. The Morgan fingerprint density at radius 2 is 2.06 bits per heavy atom. The van der Waals surface area contributed by atoms with E-state index in [2.05, 4.69) is 21.2 Å². The van der Waals surface area contributed by atoms with Gasteiger partial charge in [0.2, 0.25) is 5.91 Å². The zero-order valence-electron chi connectivity index (χ0n) is 10.6. The third-order valence-corrected chi connectivity index (χ3v) is 4.36. The van der Waals surface area contributed by atoms with Gasteiger partial charge in [-0.05, 0) is 24.1 Å². The summed E-state index contributed by atoms with van der Waals surface area (Å²) in [6.45, 7) is 3.96. The molecule has 1 saturated carbocycles. The molecule has 1 aliphatic carbocycles. The molecular weight excluding hydrogens is 294 g/mol. The minimum atomic E-state index is -0.310. The van der Waals surface area contributed by atoms with E-state index in [4.69, 9.17) is 0 Å². The third-order valence-electron chi connectivity index (χ3n) is 3.83. The largest absolute Gasteiger partial charge is 0.392 e.